The summed E-state index contributed by atoms with van der Waals surface area (Å²) in [7, 11) is 18.8. The van der Waals surface area contributed by atoms with Crippen molar-refractivity contribution in [1.82, 2.24) is 0 Å². The molecule has 0 fully saturated rings. The zero-order valence-electron chi connectivity index (χ0n) is 16.3. The summed E-state index contributed by atoms with van der Waals surface area (Å²) in [4.78, 5) is 0. The van der Waals surface area contributed by atoms with Gasteiger partial charge in [0.15, 0.2) is 11.4 Å². The summed E-state index contributed by atoms with van der Waals surface area (Å²) in [5.74, 6) is 0.746. The molecule has 3 rings (SSSR count). The average molecular weight is 571 g/mol. The molecule has 0 amide bonds. The first kappa shape index (κ1) is 25.7. The number of nitrogens with zero attached hydrogens (tertiary/aromatic N) is 1. The monoisotopic (exact) mass is 568 g/mol. The van der Waals surface area contributed by atoms with Crippen LogP contribution in [0.15, 0.2) is 58.6 Å². The number of alkyl halides is 3. The van der Waals surface area contributed by atoms with Gasteiger partial charge in [-0.25, -0.2) is 0 Å². The minimum atomic E-state index is -4.48. The molecule has 2 aromatic carbocycles. The Morgan fingerprint density at radius 1 is 1.10 bits per heavy atom. The van der Waals surface area contributed by atoms with E-state index in [-0.39, 0.29) is 17.1 Å². The fraction of sp³-hybridized carbons (Fsp3) is 0.0952. The molecule has 0 bridgehead atoms. The molecule has 10 heteroatoms. The van der Waals surface area contributed by atoms with E-state index in [1.165, 1.54) is 22.8 Å². The molecule has 0 aliphatic heterocycles. The van der Waals surface area contributed by atoms with E-state index < -0.39 is 29.9 Å². The molecule has 3 aromatic rings. The summed E-state index contributed by atoms with van der Waals surface area (Å²) in [6, 6.07) is 13.5. The number of phenolic OH excluding ortho intramolecular Hbond substituents is 1. The van der Waals surface area contributed by atoms with Crippen LogP contribution in [0.25, 0.3) is 11.3 Å². The molecule has 0 aliphatic rings. The standard InChI is InChI=1S/C21H18F3NO2.3ClH.Zr/c1-14-8-10-19(26)18(12-14)25(2)13-15-9-11-20(27(15)3)16-6-4-5-7-17(16)21(22,23)24;;;;/h4-13,26H,2-3H2,1H3;3*1H;/q;;;;+3/p-3. The average Bonchev–Trinajstić information content (AvgIpc) is 3.03. The zero-order valence-corrected chi connectivity index (χ0v) is 21.0. The Bertz CT molecular complexity index is 1070. The third-order valence-corrected chi connectivity index (χ3v) is 4.17. The van der Waals surface area contributed by atoms with Crippen LogP contribution < -0.4 is 0 Å². The SMILES string of the molecule is C=[N+]([CH-]c1ccc(-c2ccccc2C(F)(F)F)[o+]1[CH2-])c1cc(C)ccc1O.[Cl][Zr]([Cl])[Cl]. The van der Waals surface area contributed by atoms with Crippen molar-refractivity contribution in [3.63, 3.8) is 0 Å². The molecule has 0 radical (unpaired) electrons. The van der Waals surface area contributed by atoms with Gasteiger partial charge >= 0.3 is 49.9 Å². The van der Waals surface area contributed by atoms with E-state index in [9.17, 15) is 18.3 Å². The second kappa shape index (κ2) is 10.9. The Labute approximate surface area is 197 Å². The normalized spacial score (nSPS) is 10.8. The van der Waals surface area contributed by atoms with Crippen LogP contribution in [0.5, 0.6) is 5.75 Å². The van der Waals surface area contributed by atoms with Gasteiger partial charge in [-0.2, -0.15) is 13.2 Å². The Kier molecular flexibility index (Phi) is 9.02. The molecule has 165 valence electrons. The molecule has 1 aromatic heterocycles. The van der Waals surface area contributed by atoms with Gasteiger partial charge in [-0.05, 0) is 19.1 Å². The van der Waals surface area contributed by atoms with Crippen molar-refractivity contribution in [2.24, 2.45) is 0 Å². The van der Waals surface area contributed by atoms with Crippen LogP contribution in [0.4, 0.5) is 18.9 Å². The predicted octanol–water partition coefficient (Wildman–Crippen LogP) is 7.93. The van der Waals surface area contributed by atoms with Crippen LogP contribution in [0.3, 0.4) is 0 Å². The molecule has 0 atom stereocenters. The molecule has 0 spiro atoms. The van der Waals surface area contributed by atoms with Gasteiger partial charge in [0.2, 0.25) is 0 Å². The molecule has 0 saturated heterocycles. The van der Waals surface area contributed by atoms with Gasteiger partial charge < -0.3 is 9.15 Å². The van der Waals surface area contributed by atoms with E-state index in [1.54, 1.807) is 36.9 Å². The van der Waals surface area contributed by atoms with E-state index >= 15 is 0 Å². The van der Waals surface area contributed by atoms with Gasteiger partial charge in [-0.3, -0.25) is 4.58 Å². The number of hydrogen-bond donors (Lipinski definition) is 1. The molecule has 1 N–H and O–H groups in total. The first-order valence-electron chi connectivity index (χ1n) is 8.62. The second-order valence-corrected chi connectivity index (χ2v) is 17.5. The Morgan fingerprint density at radius 2 is 1.71 bits per heavy atom. The van der Waals surface area contributed by atoms with Crippen LogP contribution in [-0.4, -0.2) is 16.4 Å². The van der Waals surface area contributed by atoms with Gasteiger partial charge in [0.25, 0.3) is 0 Å². The molecule has 0 saturated carbocycles. The van der Waals surface area contributed by atoms with Crippen molar-refractivity contribution < 1.29 is 45.1 Å². The number of rotatable bonds is 4. The van der Waals surface area contributed by atoms with Crippen molar-refractivity contribution in [2.45, 2.75) is 13.1 Å². The van der Waals surface area contributed by atoms with Crippen molar-refractivity contribution >= 4 is 37.9 Å². The fourth-order valence-corrected chi connectivity index (χ4v) is 2.81. The third kappa shape index (κ3) is 6.98. The van der Waals surface area contributed by atoms with Crippen molar-refractivity contribution in [1.29, 1.82) is 0 Å². The molecule has 31 heavy (non-hydrogen) atoms. The number of furan rings is 1. The molecular formula is C21H18Cl3F3NO2Zr. The predicted molar refractivity (Wildman–Crippen MR) is 115 cm³/mol. The Hall–Kier alpha value is -1.53. The first-order valence-corrected chi connectivity index (χ1v) is 18.1. The van der Waals surface area contributed by atoms with E-state index in [1.807, 2.05) is 6.92 Å². The number of aromatic hydroxyl groups is 1. The van der Waals surface area contributed by atoms with E-state index in [0.717, 1.165) is 11.6 Å². The summed E-state index contributed by atoms with van der Waals surface area (Å²) >= 11 is -2.13. The minimum absolute atomic E-state index is 0.0127. The van der Waals surface area contributed by atoms with Crippen LogP contribution in [0, 0.1) is 20.6 Å². The topological polar surface area (TPSA) is 25.9 Å². The molecule has 1 heterocycles. The summed E-state index contributed by atoms with van der Waals surface area (Å²) in [6.45, 7) is 7.31. The van der Waals surface area contributed by atoms with Crippen molar-refractivity contribution in [2.75, 3.05) is 0 Å². The maximum atomic E-state index is 13.3. The molecular weight excluding hydrogens is 553 g/mol. The number of aryl methyl sites for hydroxylation is 1. The zero-order chi connectivity index (χ0) is 23.3. The van der Waals surface area contributed by atoms with Crippen LogP contribution >= 0.6 is 25.5 Å². The van der Waals surface area contributed by atoms with Crippen molar-refractivity contribution in [3.8, 4) is 17.1 Å². The summed E-state index contributed by atoms with van der Waals surface area (Å²) in [5, 5.41) is 10.0. The molecule has 0 aliphatic carbocycles. The number of benzene rings is 2. The Morgan fingerprint density at radius 3 is 2.32 bits per heavy atom. The first-order chi connectivity index (χ1) is 14.4. The number of phenols is 1. The summed E-state index contributed by atoms with van der Waals surface area (Å²) < 4.78 is 43.7. The van der Waals surface area contributed by atoms with E-state index in [4.69, 9.17) is 25.5 Å². The quantitative estimate of drug-likeness (QED) is 0.147. The second-order valence-electron chi connectivity index (χ2n) is 6.34. The van der Waals surface area contributed by atoms with Gasteiger partial charge in [0.05, 0.1) is 19.4 Å². The van der Waals surface area contributed by atoms with Crippen LogP contribution in [0.2, 0.25) is 0 Å². The van der Waals surface area contributed by atoms with Crippen molar-refractivity contribution in [3.05, 3.63) is 85.1 Å². The van der Waals surface area contributed by atoms with Gasteiger partial charge in [0.1, 0.15) is 18.1 Å². The number of halogens is 6. The van der Waals surface area contributed by atoms with Gasteiger partial charge in [-0.1, -0.05) is 48.0 Å². The van der Waals surface area contributed by atoms with Gasteiger partial charge in [-0.15, -0.1) is 0 Å². The number of hydrogen-bond acceptors (Lipinski definition) is 1. The Balaban J connectivity index is 0.000000785. The van der Waals surface area contributed by atoms with E-state index in [2.05, 4.69) is 17.9 Å². The van der Waals surface area contributed by atoms with Crippen LogP contribution in [-0.2, 0) is 24.3 Å². The summed E-state index contributed by atoms with van der Waals surface area (Å²) in [6.07, 6.45) is -4.48. The maximum absolute atomic E-state index is 13.3. The van der Waals surface area contributed by atoms with E-state index in [0.29, 0.717) is 11.4 Å². The van der Waals surface area contributed by atoms with Gasteiger partial charge in [0, 0.05) is 5.56 Å². The summed E-state index contributed by atoms with van der Waals surface area (Å²) in [5.41, 5.74) is 0.671. The third-order valence-electron chi connectivity index (χ3n) is 4.17. The fourth-order valence-electron chi connectivity index (χ4n) is 2.81. The van der Waals surface area contributed by atoms with Crippen LogP contribution in [0.1, 0.15) is 16.9 Å². The molecule has 3 nitrogen and oxygen atoms in total. The molecule has 0 unspecified atom stereocenters.